The Balaban J connectivity index is 2.78. The van der Waals surface area contributed by atoms with Gasteiger partial charge in [-0.2, -0.15) is 0 Å². The zero-order valence-corrected chi connectivity index (χ0v) is 6.87. The molecule has 1 aromatic rings. The first-order valence-electron chi connectivity index (χ1n) is 3.57. The van der Waals surface area contributed by atoms with Crippen molar-refractivity contribution >= 4 is 17.8 Å². The van der Waals surface area contributed by atoms with Crippen LogP contribution < -0.4 is 5.32 Å². The number of hydrogen-bond acceptors (Lipinski definition) is 3. The van der Waals surface area contributed by atoms with Crippen LogP contribution in [0.1, 0.15) is 0 Å². The van der Waals surface area contributed by atoms with Crippen LogP contribution in [0.15, 0.2) is 23.4 Å². The van der Waals surface area contributed by atoms with Crippen molar-refractivity contribution in [2.45, 2.75) is 0 Å². The van der Waals surface area contributed by atoms with Crippen LogP contribution in [0.5, 0.6) is 0 Å². The lowest BCUT2D eigenvalue weighted by Gasteiger charge is -2.01. The number of carbonyl (C=O) groups excluding carboxylic acids is 1. The van der Waals surface area contributed by atoms with Crippen LogP contribution in [-0.2, 0) is 4.79 Å². The lowest BCUT2D eigenvalue weighted by atomic mass is 10.3. The maximum Gasteiger partial charge on any atom is 0.270 e. The van der Waals surface area contributed by atoms with E-state index in [-0.39, 0.29) is 5.69 Å². The number of amides is 1. The zero-order chi connectivity index (χ0) is 10.6. The van der Waals surface area contributed by atoms with Crippen LogP contribution in [-0.4, -0.2) is 17.3 Å². The monoisotopic (exact) mass is 200 g/mol. The van der Waals surface area contributed by atoms with E-state index in [9.17, 15) is 13.6 Å². The fourth-order valence-corrected chi connectivity index (χ4v) is 0.801. The number of halogens is 2. The molecule has 0 radical (unpaired) electrons. The topological polar surface area (TPSA) is 61.7 Å². The van der Waals surface area contributed by atoms with Gasteiger partial charge < -0.3 is 10.5 Å². The van der Waals surface area contributed by atoms with E-state index in [4.69, 9.17) is 5.21 Å². The average Bonchev–Trinajstić information content (AvgIpc) is 2.12. The molecule has 0 unspecified atom stereocenters. The predicted octanol–water partition coefficient (Wildman–Crippen LogP) is 1.36. The van der Waals surface area contributed by atoms with Crippen LogP contribution >= 0.6 is 0 Å². The summed E-state index contributed by atoms with van der Waals surface area (Å²) >= 11 is 0. The van der Waals surface area contributed by atoms with Gasteiger partial charge in [-0.15, -0.1) is 0 Å². The molecule has 14 heavy (non-hydrogen) atoms. The molecule has 0 fully saturated rings. The number of anilines is 1. The van der Waals surface area contributed by atoms with Gasteiger partial charge in [-0.1, -0.05) is 5.16 Å². The Bertz CT molecular complexity index is 380. The number of oxime groups is 1. The molecule has 0 aliphatic heterocycles. The number of rotatable bonds is 2. The van der Waals surface area contributed by atoms with Crippen molar-refractivity contribution in [3.63, 3.8) is 0 Å². The van der Waals surface area contributed by atoms with Crippen molar-refractivity contribution in [2.75, 3.05) is 5.32 Å². The van der Waals surface area contributed by atoms with Crippen LogP contribution in [0.4, 0.5) is 14.5 Å². The molecule has 0 aliphatic carbocycles. The summed E-state index contributed by atoms with van der Waals surface area (Å²) in [6.07, 6.45) is 0.598. The van der Waals surface area contributed by atoms with E-state index in [1.54, 1.807) is 0 Å². The van der Waals surface area contributed by atoms with Gasteiger partial charge in [-0.05, 0) is 12.1 Å². The molecule has 0 bridgehead atoms. The third-order valence-corrected chi connectivity index (χ3v) is 1.36. The molecule has 0 saturated carbocycles. The van der Waals surface area contributed by atoms with Gasteiger partial charge in [0.05, 0.1) is 0 Å². The fourth-order valence-electron chi connectivity index (χ4n) is 0.801. The number of carbonyl (C=O) groups is 1. The molecule has 1 rings (SSSR count). The van der Waals surface area contributed by atoms with Crippen molar-refractivity contribution in [3.8, 4) is 0 Å². The zero-order valence-electron chi connectivity index (χ0n) is 6.87. The van der Waals surface area contributed by atoms with Crippen molar-refractivity contribution < 1.29 is 18.8 Å². The molecule has 1 amide bonds. The minimum atomic E-state index is -1.07. The lowest BCUT2D eigenvalue weighted by molar-refractivity contribution is -0.110. The summed E-state index contributed by atoms with van der Waals surface area (Å²) in [5, 5.41) is 12.6. The summed E-state index contributed by atoms with van der Waals surface area (Å²) in [5.41, 5.74) is 0.0776. The highest BCUT2D eigenvalue weighted by Crippen LogP contribution is 2.12. The molecular weight excluding hydrogens is 194 g/mol. The van der Waals surface area contributed by atoms with Gasteiger partial charge in [0.25, 0.3) is 5.91 Å². The lowest BCUT2D eigenvalue weighted by Crippen LogP contribution is -2.12. The third kappa shape index (κ3) is 2.51. The molecule has 0 aliphatic rings. The quantitative estimate of drug-likeness (QED) is 0.430. The highest BCUT2D eigenvalue weighted by atomic mass is 19.2. The number of nitrogens with one attached hydrogen (secondary N) is 1. The van der Waals surface area contributed by atoms with E-state index in [0.717, 1.165) is 12.1 Å². The average molecular weight is 200 g/mol. The van der Waals surface area contributed by atoms with E-state index in [0.29, 0.717) is 6.21 Å². The predicted molar refractivity (Wildman–Crippen MR) is 45.3 cm³/mol. The Labute approximate surface area is 77.8 Å². The van der Waals surface area contributed by atoms with Crippen molar-refractivity contribution in [3.05, 3.63) is 29.8 Å². The molecule has 0 heterocycles. The summed E-state index contributed by atoms with van der Waals surface area (Å²) < 4.78 is 25.0. The van der Waals surface area contributed by atoms with Gasteiger partial charge in [0, 0.05) is 11.8 Å². The molecule has 0 saturated heterocycles. The van der Waals surface area contributed by atoms with Crippen LogP contribution in [0.3, 0.4) is 0 Å². The summed E-state index contributed by atoms with van der Waals surface area (Å²) in [5.74, 6) is -2.80. The van der Waals surface area contributed by atoms with E-state index in [1.807, 2.05) is 0 Å². The van der Waals surface area contributed by atoms with Crippen molar-refractivity contribution in [2.24, 2.45) is 5.16 Å². The van der Waals surface area contributed by atoms with Crippen LogP contribution in [0, 0.1) is 11.6 Å². The fraction of sp³-hybridized carbons (Fsp3) is 0. The smallest absolute Gasteiger partial charge is 0.270 e. The second-order valence-corrected chi connectivity index (χ2v) is 2.36. The summed E-state index contributed by atoms with van der Waals surface area (Å²) in [4.78, 5) is 10.8. The highest BCUT2D eigenvalue weighted by molar-refractivity contribution is 6.31. The normalized spacial score (nSPS) is 10.4. The van der Waals surface area contributed by atoms with Gasteiger partial charge in [-0.25, -0.2) is 8.78 Å². The summed E-state index contributed by atoms with van der Waals surface area (Å²) in [6, 6.07) is 2.88. The molecule has 1 aromatic carbocycles. The first-order valence-corrected chi connectivity index (χ1v) is 3.57. The van der Waals surface area contributed by atoms with E-state index in [2.05, 4.69) is 10.5 Å². The molecule has 2 N–H and O–H groups in total. The number of hydrogen-bond donors (Lipinski definition) is 2. The molecule has 0 atom stereocenters. The van der Waals surface area contributed by atoms with Gasteiger partial charge in [0.15, 0.2) is 11.6 Å². The number of nitrogens with zero attached hydrogens (tertiary/aromatic N) is 1. The second kappa shape index (κ2) is 4.31. The largest absolute Gasteiger partial charge is 0.411 e. The minimum absolute atomic E-state index is 0.0776. The van der Waals surface area contributed by atoms with E-state index in [1.165, 1.54) is 6.07 Å². The maximum absolute atomic E-state index is 12.6. The van der Waals surface area contributed by atoms with Crippen LogP contribution in [0.25, 0.3) is 0 Å². The molecule has 74 valence electrons. The van der Waals surface area contributed by atoms with Gasteiger partial charge in [-0.3, -0.25) is 4.79 Å². The second-order valence-electron chi connectivity index (χ2n) is 2.36. The highest BCUT2D eigenvalue weighted by Gasteiger charge is 2.04. The Morgan fingerprint density at radius 3 is 2.71 bits per heavy atom. The SMILES string of the molecule is O=C(/C=N\O)Nc1ccc(F)c(F)c1. The molecular formula is C8H6F2N2O2. The van der Waals surface area contributed by atoms with E-state index < -0.39 is 17.5 Å². The molecule has 4 nitrogen and oxygen atoms in total. The maximum atomic E-state index is 12.6. The van der Waals surface area contributed by atoms with Gasteiger partial charge in [0.1, 0.15) is 6.21 Å². The molecule has 0 aromatic heterocycles. The first kappa shape index (κ1) is 10.1. The Kier molecular flexibility index (Phi) is 3.11. The van der Waals surface area contributed by atoms with Crippen molar-refractivity contribution in [1.82, 2.24) is 0 Å². The molecule has 0 spiro atoms. The van der Waals surface area contributed by atoms with Crippen LogP contribution in [0.2, 0.25) is 0 Å². The Morgan fingerprint density at radius 1 is 1.43 bits per heavy atom. The molecule has 6 heteroatoms. The third-order valence-electron chi connectivity index (χ3n) is 1.36. The van der Waals surface area contributed by atoms with E-state index >= 15 is 0 Å². The summed E-state index contributed by atoms with van der Waals surface area (Å²) in [7, 11) is 0. The standard InChI is InChI=1S/C8H6F2N2O2/c9-6-2-1-5(3-7(6)10)12-8(13)4-11-14/h1-4,14H,(H,12,13)/b11-4-. The Morgan fingerprint density at radius 2 is 2.14 bits per heavy atom. The Hall–Kier alpha value is -1.98. The number of benzene rings is 1. The van der Waals surface area contributed by atoms with Crippen molar-refractivity contribution in [1.29, 1.82) is 0 Å². The summed E-state index contributed by atoms with van der Waals surface area (Å²) in [6.45, 7) is 0. The van der Waals surface area contributed by atoms with Gasteiger partial charge >= 0.3 is 0 Å². The minimum Gasteiger partial charge on any atom is -0.411 e. The van der Waals surface area contributed by atoms with Gasteiger partial charge in [0.2, 0.25) is 0 Å². The first-order chi connectivity index (χ1) is 6.63.